The third kappa shape index (κ3) is 4.01. The Hall–Kier alpha value is -3.12. The molecule has 0 bridgehead atoms. The maximum atomic E-state index is 12.2. The van der Waals surface area contributed by atoms with Crippen molar-refractivity contribution in [2.24, 2.45) is 0 Å². The highest BCUT2D eigenvalue weighted by molar-refractivity contribution is 7.09. The Labute approximate surface area is 161 Å². The summed E-state index contributed by atoms with van der Waals surface area (Å²) in [5, 5.41) is 9.64. The fraction of sp³-hybridized carbons (Fsp3) is 0.143. The van der Waals surface area contributed by atoms with E-state index in [1.54, 1.807) is 0 Å². The van der Waals surface area contributed by atoms with E-state index in [2.05, 4.69) is 15.6 Å². The average molecular weight is 377 g/mol. The van der Waals surface area contributed by atoms with Gasteiger partial charge in [-0.15, -0.1) is 11.3 Å². The van der Waals surface area contributed by atoms with E-state index in [9.17, 15) is 4.79 Å². The van der Waals surface area contributed by atoms with Crippen LogP contribution in [0.4, 0.5) is 4.79 Å². The molecule has 0 aliphatic carbocycles. The summed E-state index contributed by atoms with van der Waals surface area (Å²) in [6.45, 7) is 2.28. The zero-order valence-corrected chi connectivity index (χ0v) is 15.6. The van der Waals surface area contributed by atoms with Gasteiger partial charge in [-0.3, -0.25) is 0 Å². The van der Waals surface area contributed by atoms with Gasteiger partial charge in [0.05, 0.1) is 18.3 Å². The molecule has 2 aromatic carbocycles. The van der Waals surface area contributed by atoms with Crippen molar-refractivity contribution >= 4 is 28.3 Å². The van der Waals surface area contributed by atoms with E-state index >= 15 is 0 Å². The number of nitrogens with zero attached hydrogens (tertiary/aromatic N) is 1. The van der Waals surface area contributed by atoms with Gasteiger partial charge in [-0.25, -0.2) is 9.78 Å². The van der Waals surface area contributed by atoms with Crippen molar-refractivity contribution < 1.29 is 9.21 Å². The summed E-state index contributed by atoms with van der Waals surface area (Å²) in [5.41, 5.74) is 2.81. The van der Waals surface area contributed by atoms with Crippen molar-refractivity contribution in [3.8, 4) is 11.3 Å². The average Bonchev–Trinajstić information content (AvgIpc) is 3.34. The van der Waals surface area contributed by atoms with Crippen LogP contribution in [0.3, 0.4) is 0 Å². The monoisotopic (exact) mass is 377 g/mol. The standard InChI is InChI=1S/C21H19N3O2S/c1-14(19-11-16-9-5-6-10-18(16)26-19)23-21(25)22-12-20-24-17(13-27-20)15-7-3-2-4-8-15/h2-11,13-14H,12H2,1H3,(H2,22,23,25). The van der Waals surface area contributed by atoms with E-state index in [0.29, 0.717) is 6.54 Å². The van der Waals surface area contributed by atoms with Crippen molar-refractivity contribution in [1.82, 2.24) is 15.6 Å². The number of amides is 2. The Bertz CT molecular complexity index is 1020. The molecule has 1 unspecified atom stereocenters. The van der Waals surface area contributed by atoms with Crippen LogP contribution < -0.4 is 10.6 Å². The first-order valence-electron chi connectivity index (χ1n) is 8.72. The minimum Gasteiger partial charge on any atom is -0.459 e. The molecule has 0 spiro atoms. The van der Waals surface area contributed by atoms with Gasteiger partial charge in [-0.1, -0.05) is 48.5 Å². The van der Waals surface area contributed by atoms with Crippen LogP contribution >= 0.6 is 11.3 Å². The summed E-state index contributed by atoms with van der Waals surface area (Å²) < 4.78 is 5.79. The molecule has 0 saturated carbocycles. The fourth-order valence-electron chi connectivity index (χ4n) is 2.82. The number of hydrogen-bond donors (Lipinski definition) is 2. The lowest BCUT2D eigenvalue weighted by molar-refractivity contribution is 0.236. The number of urea groups is 1. The Morgan fingerprint density at radius 1 is 1.15 bits per heavy atom. The molecule has 2 aromatic heterocycles. The second-order valence-corrected chi connectivity index (χ2v) is 7.17. The maximum Gasteiger partial charge on any atom is 0.315 e. The van der Waals surface area contributed by atoms with Crippen molar-refractivity contribution in [2.45, 2.75) is 19.5 Å². The molecular formula is C21H19N3O2S. The van der Waals surface area contributed by atoms with E-state index in [1.165, 1.54) is 11.3 Å². The van der Waals surface area contributed by atoms with Gasteiger partial charge in [0.1, 0.15) is 16.4 Å². The third-order valence-corrected chi connectivity index (χ3v) is 5.09. The Morgan fingerprint density at radius 2 is 1.93 bits per heavy atom. The van der Waals surface area contributed by atoms with Crippen LogP contribution in [-0.2, 0) is 6.54 Å². The molecule has 4 rings (SSSR count). The number of rotatable bonds is 5. The molecule has 5 nitrogen and oxygen atoms in total. The summed E-state index contributed by atoms with van der Waals surface area (Å²) in [5.74, 6) is 0.729. The van der Waals surface area contributed by atoms with E-state index in [1.807, 2.05) is 73.0 Å². The largest absolute Gasteiger partial charge is 0.459 e. The van der Waals surface area contributed by atoms with Crippen molar-refractivity contribution in [2.75, 3.05) is 0 Å². The van der Waals surface area contributed by atoms with E-state index < -0.39 is 0 Å². The second-order valence-electron chi connectivity index (χ2n) is 6.23. The van der Waals surface area contributed by atoms with Gasteiger partial charge in [0.25, 0.3) is 0 Å². The topological polar surface area (TPSA) is 67.2 Å². The first-order valence-corrected chi connectivity index (χ1v) is 9.59. The van der Waals surface area contributed by atoms with Gasteiger partial charge in [0, 0.05) is 16.3 Å². The van der Waals surface area contributed by atoms with Gasteiger partial charge in [-0.2, -0.15) is 0 Å². The van der Waals surface area contributed by atoms with Crippen LogP contribution in [0.1, 0.15) is 23.7 Å². The molecule has 0 aliphatic rings. The van der Waals surface area contributed by atoms with Crippen LogP contribution in [0.15, 0.2) is 70.5 Å². The lowest BCUT2D eigenvalue weighted by atomic mass is 10.2. The molecule has 0 saturated heterocycles. The van der Waals surface area contributed by atoms with E-state index in [0.717, 1.165) is 33.0 Å². The van der Waals surface area contributed by atoms with Gasteiger partial charge < -0.3 is 15.1 Å². The number of fused-ring (bicyclic) bond motifs is 1. The molecule has 2 amide bonds. The quantitative estimate of drug-likeness (QED) is 0.507. The third-order valence-electron chi connectivity index (χ3n) is 4.24. The fourth-order valence-corrected chi connectivity index (χ4v) is 3.57. The van der Waals surface area contributed by atoms with Crippen LogP contribution in [0.5, 0.6) is 0 Å². The molecule has 2 heterocycles. The highest BCUT2D eigenvalue weighted by Gasteiger charge is 2.14. The molecule has 1 atom stereocenters. The van der Waals surface area contributed by atoms with Gasteiger partial charge >= 0.3 is 6.03 Å². The lowest BCUT2D eigenvalue weighted by Gasteiger charge is -2.11. The number of aromatic nitrogens is 1. The first kappa shape index (κ1) is 17.3. The Morgan fingerprint density at radius 3 is 2.74 bits per heavy atom. The summed E-state index contributed by atoms with van der Waals surface area (Å²) in [4.78, 5) is 16.8. The molecular weight excluding hydrogens is 358 g/mol. The molecule has 0 fully saturated rings. The van der Waals surface area contributed by atoms with Gasteiger partial charge in [0.15, 0.2) is 0 Å². The van der Waals surface area contributed by atoms with E-state index in [4.69, 9.17) is 4.42 Å². The van der Waals surface area contributed by atoms with Crippen molar-refractivity contribution in [1.29, 1.82) is 0 Å². The Kier molecular flexibility index (Phi) is 4.89. The number of thiazole rings is 1. The molecule has 2 N–H and O–H groups in total. The number of para-hydroxylation sites is 1. The summed E-state index contributed by atoms with van der Waals surface area (Å²) in [6, 6.07) is 19.3. The molecule has 0 radical (unpaired) electrons. The lowest BCUT2D eigenvalue weighted by Crippen LogP contribution is -2.36. The Balaban J connectivity index is 1.33. The van der Waals surface area contributed by atoms with E-state index in [-0.39, 0.29) is 12.1 Å². The smallest absolute Gasteiger partial charge is 0.315 e. The number of benzene rings is 2. The number of carbonyl (C=O) groups is 1. The SMILES string of the molecule is CC(NC(=O)NCc1nc(-c2ccccc2)cs1)c1cc2ccccc2o1. The van der Waals surface area contributed by atoms with Gasteiger partial charge in [-0.05, 0) is 19.1 Å². The predicted molar refractivity (Wildman–Crippen MR) is 108 cm³/mol. The van der Waals surface area contributed by atoms with Crippen LogP contribution in [0, 0.1) is 0 Å². The number of nitrogens with one attached hydrogen (secondary N) is 2. The zero-order valence-electron chi connectivity index (χ0n) is 14.8. The van der Waals surface area contributed by atoms with Gasteiger partial charge in [0.2, 0.25) is 0 Å². The molecule has 6 heteroatoms. The van der Waals surface area contributed by atoms with Crippen molar-refractivity contribution in [3.63, 3.8) is 0 Å². The predicted octanol–water partition coefficient (Wildman–Crippen LogP) is 5.12. The molecule has 0 aliphatic heterocycles. The summed E-state index contributed by atoms with van der Waals surface area (Å²) >= 11 is 1.53. The first-order chi connectivity index (χ1) is 13.2. The maximum absolute atomic E-state index is 12.2. The van der Waals surface area contributed by atoms with Crippen LogP contribution in [-0.4, -0.2) is 11.0 Å². The molecule has 136 valence electrons. The van der Waals surface area contributed by atoms with Crippen LogP contribution in [0.25, 0.3) is 22.2 Å². The number of carbonyl (C=O) groups excluding carboxylic acids is 1. The number of furan rings is 1. The highest BCUT2D eigenvalue weighted by atomic mass is 32.1. The molecule has 4 aromatic rings. The zero-order chi connectivity index (χ0) is 18.6. The normalized spacial score (nSPS) is 12.0. The summed E-state index contributed by atoms with van der Waals surface area (Å²) in [7, 11) is 0. The molecule has 27 heavy (non-hydrogen) atoms. The number of hydrogen-bond acceptors (Lipinski definition) is 4. The van der Waals surface area contributed by atoms with Crippen LogP contribution in [0.2, 0.25) is 0 Å². The summed E-state index contributed by atoms with van der Waals surface area (Å²) in [6.07, 6.45) is 0. The van der Waals surface area contributed by atoms with Crippen molar-refractivity contribution in [3.05, 3.63) is 76.8 Å². The highest BCUT2D eigenvalue weighted by Crippen LogP contribution is 2.24. The minimum absolute atomic E-state index is 0.228. The second kappa shape index (κ2) is 7.63. The minimum atomic E-state index is -0.251.